The Labute approximate surface area is 217 Å². The van der Waals surface area contributed by atoms with Gasteiger partial charge in [-0.3, -0.25) is 19.5 Å². The van der Waals surface area contributed by atoms with Gasteiger partial charge in [-0.25, -0.2) is 8.78 Å². The van der Waals surface area contributed by atoms with E-state index in [1.54, 1.807) is 24.5 Å². The molecule has 0 saturated heterocycles. The number of carbonyl (C=O) groups is 2. The Morgan fingerprint density at radius 2 is 1.58 bits per heavy atom. The summed E-state index contributed by atoms with van der Waals surface area (Å²) in [5, 5.41) is 15.3. The van der Waals surface area contributed by atoms with Crippen molar-refractivity contribution in [2.45, 2.75) is 44.3 Å². The molecule has 2 aromatic carbocycles. The fraction of sp³-hybridized carbons (Fsp3) is 0.259. The largest absolute Gasteiger partial charge is 0.351 e. The Morgan fingerprint density at radius 3 is 2.24 bits per heavy atom. The summed E-state index contributed by atoms with van der Waals surface area (Å²) in [4.78, 5) is 33.9. The molecule has 11 heteroatoms. The van der Waals surface area contributed by atoms with Crippen molar-refractivity contribution in [1.82, 2.24) is 30.5 Å². The van der Waals surface area contributed by atoms with Gasteiger partial charge in [-0.2, -0.15) is 4.80 Å². The number of benzene rings is 2. The molecule has 9 nitrogen and oxygen atoms in total. The van der Waals surface area contributed by atoms with Crippen molar-refractivity contribution in [3.05, 3.63) is 90.3 Å². The highest BCUT2D eigenvalue weighted by molar-refractivity contribution is 6.01. The second-order valence-corrected chi connectivity index (χ2v) is 9.06. The molecule has 1 saturated carbocycles. The maximum atomic E-state index is 13.8. The average molecular weight is 518 g/mol. The Bertz CT molecular complexity index is 1390. The first kappa shape index (κ1) is 25.1. The first-order valence-corrected chi connectivity index (χ1v) is 12.3. The molecule has 1 aliphatic carbocycles. The van der Waals surface area contributed by atoms with Crippen LogP contribution in [-0.4, -0.2) is 43.0 Å². The van der Waals surface area contributed by atoms with Crippen LogP contribution in [0.5, 0.6) is 0 Å². The molecule has 2 heterocycles. The van der Waals surface area contributed by atoms with Crippen LogP contribution in [0.4, 0.5) is 14.5 Å². The summed E-state index contributed by atoms with van der Waals surface area (Å²) in [5.41, 5.74) is 1.41. The minimum Gasteiger partial charge on any atom is -0.351 e. The smallest absolute Gasteiger partial charge is 0.251 e. The Morgan fingerprint density at radius 1 is 0.947 bits per heavy atom. The van der Waals surface area contributed by atoms with Gasteiger partial charge >= 0.3 is 0 Å². The highest BCUT2D eigenvalue weighted by atomic mass is 19.1. The third-order valence-electron chi connectivity index (χ3n) is 6.44. The van der Waals surface area contributed by atoms with Gasteiger partial charge in [0.25, 0.3) is 5.91 Å². The molecule has 2 aromatic heterocycles. The van der Waals surface area contributed by atoms with Gasteiger partial charge < -0.3 is 5.32 Å². The maximum absolute atomic E-state index is 13.8. The molecule has 0 bridgehead atoms. The number of nitrogens with one attached hydrogen (secondary N) is 1. The van der Waals surface area contributed by atoms with Crippen molar-refractivity contribution in [3.63, 3.8) is 0 Å². The first-order valence-electron chi connectivity index (χ1n) is 12.3. The highest BCUT2D eigenvalue weighted by Gasteiger charge is 2.34. The van der Waals surface area contributed by atoms with Gasteiger partial charge in [0.1, 0.15) is 24.2 Å². The van der Waals surface area contributed by atoms with Gasteiger partial charge in [-0.05, 0) is 84.3 Å². The lowest BCUT2D eigenvalue weighted by Crippen LogP contribution is -2.47. The van der Waals surface area contributed by atoms with Crippen LogP contribution in [0.25, 0.3) is 11.4 Å². The van der Waals surface area contributed by atoms with Gasteiger partial charge in [0.2, 0.25) is 11.7 Å². The predicted molar refractivity (Wildman–Crippen MR) is 134 cm³/mol. The molecule has 1 atom stereocenters. The van der Waals surface area contributed by atoms with Crippen LogP contribution in [0.3, 0.4) is 0 Å². The topological polar surface area (TPSA) is 106 Å². The zero-order chi connectivity index (χ0) is 26.5. The summed E-state index contributed by atoms with van der Waals surface area (Å²) in [6.45, 7) is -0.343. The molecule has 1 unspecified atom stereocenters. The third kappa shape index (κ3) is 5.72. The molecule has 0 spiro atoms. The summed E-state index contributed by atoms with van der Waals surface area (Å²) in [7, 11) is 0. The van der Waals surface area contributed by atoms with Crippen LogP contribution < -0.4 is 10.2 Å². The van der Waals surface area contributed by atoms with E-state index in [9.17, 15) is 18.4 Å². The Hall–Kier alpha value is -4.54. The maximum Gasteiger partial charge on any atom is 0.251 e. The summed E-state index contributed by atoms with van der Waals surface area (Å²) >= 11 is 0. The van der Waals surface area contributed by atoms with E-state index in [0.717, 1.165) is 30.5 Å². The molecule has 0 radical (unpaired) electrons. The molecule has 1 aliphatic rings. The summed E-state index contributed by atoms with van der Waals surface area (Å²) in [6.07, 6.45) is 6.89. The van der Waals surface area contributed by atoms with E-state index in [2.05, 4.69) is 25.7 Å². The average Bonchev–Trinajstić information content (AvgIpc) is 3.61. The van der Waals surface area contributed by atoms with E-state index in [-0.39, 0.29) is 24.3 Å². The second kappa shape index (κ2) is 11.2. The van der Waals surface area contributed by atoms with Crippen molar-refractivity contribution in [1.29, 1.82) is 0 Å². The minimum atomic E-state index is -1.04. The summed E-state index contributed by atoms with van der Waals surface area (Å²) < 4.78 is 27.1. The number of anilines is 1. The number of pyridine rings is 1. The molecular formula is C27H25F2N7O2. The van der Waals surface area contributed by atoms with Crippen molar-refractivity contribution in [2.75, 3.05) is 4.90 Å². The number of amides is 2. The van der Waals surface area contributed by atoms with E-state index in [1.165, 1.54) is 53.4 Å². The number of hydrogen-bond donors (Lipinski definition) is 1. The van der Waals surface area contributed by atoms with Crippen LogP contribution in [0, 0.1) is 11.6 Å². The van der Waals surface area contributed by atoms with Crippen molar-refractivity contribution >= 4 is 17.5 Å². The molecule has 1 fully saturated rings. The molecule has 38 heavy (non-hydrogen) atoms. The van der Waals surface area contributed by atoms with Crippen LogP contribution >= 0.6 is 0 Å². The molecule has 2 amide bonds. The molecular weight excluding hydrogens is 492 g/mol. The molecule has 0 aliphatic heterocycles. The fourth-order valence-corrected chi connectivity index (χ4v) is 4.57. The summed E-state index contributed by atoms with van der Waals surface area (Å²) in [6, 6.07) is 13.2. The highest BCUT2D eigenvalue weighted by Crippen LogP contribution is 2.29. The molecule has 5 rings (SSSR count). The number of rotatable bonds is 8. The lowest BCUT2D eigenvalue weighted by Gasteiger charge is -2.32. The number of tetrazole rings is 1. The molecule has 4 aromatic rings. The zero-order valence-electron chi connectivity index (χ0n) is 20.4. The van der Waals surface area contributed by atoms with Gasteiger partial charge in [-0.15, -0.1) is 10.2 Å². The van der Waals surface area contributed by atoms with Crippen LogP contribution in [0.2, 0.25) is 0 Å². The van der Waals surface area contributed by atoms with Crippen LogP contribution in [0.1, 0.15) is 37.3 Å². The third-order valence-corrected chi connectivity index (χ3v) is 6.44. The van der Waals surface area contributed by atoms with E-state index < -0.39 is 23.6 Å². The van der Waals surface area contributed by atoms with Gasteiger partial charge in [0.15, 0.2) is 0 Å². The quantitative estimate of drug-likeness (QED) is 0.381. The van der Waals surface area contributed by atoms with Gasteiger partial charge in [0, 0.05) is 29.7 Å². The molecule has 194 valence electrons. The van der Waals surface area contributed by atoms with Crippen LogP contribution in [-0.2, 0) is 16.1 Å². The van der Waals surface area contributed by atoms with E-state index in [4.69, 9.17) is 0 Å². The fourth-order valence-electron chi connectivity index (χ4n) is 4.57. The normalized spacial score (nSPS) is 14.3. The first-order chi connectivity index (χ1) is 18.5. The SMILES string of the molecule is O=C(NC1CCCC1)C(c1ccncc1)N(C(=O)Cn1nnc(-c2ccc(F)cc2)n1)c1ccc(F)cc1. The number of aromatic nitrogens is 5. The second-order valence-electron chi connectivity index (χ2n) is 9.06. The van der Waals surface area contributed by atoms with E-state index in [1.807, 2.05) is 0 Å². The number of hydrogen-bond acceptors (Lipinski definition) is 6. The monoisotopic (exact) mass is 517 g/mol. The Balaban J connectivity index is 1.48. The number of carbonyl (C=O) groups excluding carboxylic acids is 2. The van der Waals surface area contributed by atoms with Gasteiger partial charge in [-0.1, -0.05) is 12.8 Å². The Kier molecular flexibility index (Phi) is 7.43. The predicted octanol–water partition coefficient (Wildman–Crippen LogP) is 3.85. The number of nitrogens with zero attached hydrogens (tertiary/aromatic N) is 6. The van der Waals surface area contributed by atoms with E-state index in [0.29, 0.717) is 16.8 Å². The van der Waals surface area contributed by atoms with Crippen molar-refractivity contribution < 1.29 is 18.4 Å². The summed E-state index contributed by atoms with van der Waals surface area (Å²) in [5.74, 6) is -1.51. The zero-order valence-corrected chi connectivity index (χ0v) is 20.4. The van der Waals surface area contributed by atoms with Crippen LogP contribution in [0.15, 0.2) is 73.1 Å². The van der Waals surface area contributed by atoms with Crippen molar-refractivity contribution in [3.8, 4) is 11.4 Å². The standard InChI is InChI=1S/C27H25F2N7O2/c28-20-7-5-19(6-8-20)26-32-34-35(33-26)17-24(37)36(23-11-9-21(29)10-12-23)25(18-13-15-30-16-14-18)27(38)31-22-3-1-2-4-22/h5-16,22,25H,1-4,17H2,(H,31,38). The minimum absolute atomic E-state index is 0.0206. The molecule has 1 N–H and O–H groups in total. The van der Waals surface area contributed by atoms with Gasteiger partial charge in [0.05, 0.1) is 0 Å². The van der Waals surface area contributed by atoms with E-state index >= 15 is 0 Å². The lowest BCUT2D eigenvalue weighted by atomic mass is 10.0. The number of halogens is 2. The lowest BCUT2D eigenvalue weighted by molar-refractivity contribution is -0.127. The van der Waals surface area contributed by atoms with Crippen molar-refractivity contribution in [2.24, 2.45) is 0 Å².